The monoisotopic (exact) mass is 343 g/mol. The molecule has 25 heavy (non-hydrogen) atoms. The Morgan fingerprint density at radius 3 is 2.96 bits per heavy atom. The molecule has 130 valence electrons. The lowest BCUT2D eigenvalue weighted by molar-refractivity contribution is 0.175. The van der Waals surface area contributed by atoms with Gasteiger partial charge in [-0.2, -0.15) is 10.1 Å². The molecule has 0 saturated carbocycles. The van der Waals surface area contributed by atoms with Gasteiger partial charge in [-0.25, -0.2) is 10.2 Å². The molecule has 0 unspecified atom stereocenters. The number of hydrazone groups is 1. The smallest absolute Gasteiger partial charge is 0.329 e. The van der Waals surface area contributed by atoms with Gasteiger partial charge in [0.15, 0.2) is 11.2 Å². The van der Waals surface area contributed by atoms with E-state index < -0.39 is 17.4 Å². The third-order valence-electron chi connectivity index (χ3n) is 3.52. The van der Waals surface area contributed by atoms with Crippen molar-refractivity contribution in [3.05, 3.63) is 50.9 Å². The number of pyridine rings is 1. The summed E-state index contributed by atoms with van der Waals surface area (Å²) in [6.07, 6.45) is 4.11. The van der Waals surface area contributed by atoms with E-state index >= 15 is 0 Å². The lowest BCUT2D eigenvalue weighted by Crippen LogP contribution is -2.29. The van der Waals surface area contributed by atoms with Crippen molar-refractivity contribution < 1.29 is 5.11 Å². The number of nitrogens with zero attached hydrogens (tertiary/aromatic N) is 5. The number of aromatic amines is 1. The number of aliphatic hydroxyl groups excluding tert-OH is 1. The van der Waals surface area contributed by atoms with E-state index in [9.17, 15) is 14.7 Å². The Morgan fingerprint density at radius 2 is 2.28 bits per heavy atom. The van der Waals surface area contributed by atoms with E-state index in [-0.39, 0.29) is 23.7 Å². The number of hydrogen-bond acceptors (Lipinski definition) is 7. The fraction of sp³-hybridized carbons (Fsp3) is 0.267. The minimum absolute atomic E-state index is 0.114. The number of aromatic nitrogens is 5. The molecule has 3 aromatic heterocycles. The second-order valence-corrected chi connectivity index (χ2v) is 5.54. The van der Waals surface area contributed by atoms with Gasteiger partial charge in [0.25, 0.3) is 5.56 Å². The van der Waals surface area contributed by atoms with Crippen LogP contribution in [0.5, 0.6) is 0 Å². The van der Waals surface area contributed by atoms with Crippen LogP contribution in [0.4, 0.5) is 5.95 Å². The number of rotatable bonds is 5. The molecule has 0 spiro atoms. The van der Waals surface area contributed by atoms with Crippen molar-refractivity contribution in [2.45, 2.75) is 19.6 Å². The molecule has 3 N–H and O–H groups in total. The van der Waals surface area contributed by atoms with Gasteiger partial charge in [0.2, 0.25) is 5.95 Å². The fourth-order valence-electron chi connectivity index (χ4n) is 2.38. The summed E-state index contributed by atoms with van der Waals surface area (Å²) in [6, 6.07) is 3.60. The molecule has 10 nitrogen and oxygen atoms in total. The zero-order valence-electron chi connectivity index (χ0n) is 13.7. The maximum atomic E-state index is 12.2. The zero-order chi connectivity index (χ0) is 18.0. The summed E-state index contributed by atoms with van der Waals surface area (Å²) in [6.45, 7) is 1.70. The quantitative estimate of drug-likeness (QED) is 0.429. The first-order valence-electron chi connectivity index (χ1n) is 7.54. The van der Waals surface area contributed by atoms with E-state index in [0.717, 1.165) is 5.56 Å². The van der Waals surface area contributed by atoms with Crippen molar-refractivity contribution in [1.82, 2.24) is 24.1 Å². The van der Waals surface area contributed by atoms with Crippen molar-refractivity contribution in [3.63, 3.8) is 0 Å². The number of aryl methyl sites for hydroxylation is 1. The molecule has 0 fully saturated rings. The summed E-state index contributed by atoms with van der Waals surface area (Å²) < 4.78 is 2.71. The van der Waals surface area contributed by atoms with E-state index in [1.54, 1.807) is 31.6 Å². The molecule has 0 aromatic carbocycles. The normalized spacial score (nSPS) is 12.8. The van der Waals surface area contributed by atoms with E-state index in [1.807, 2.05) is 6.07 Å². The van der Waals surface area contributed by atoms with Gasteiger partial charge in [-0.3, -0.25) is 19.3 Å². The third kappa shape index (κ3) is 3.33. The van der Waals surface area contributed by atoms with E-state index in [1.165, 1.54) is 16.2 Å². The van der Waals surface area contributed by atoms with Crippen LogP contribution in [0.25, 0.3) is 11.2 Å². The summed E-state index contributed by atoms with van der Waals surface area (Å²) in [4.78, 5) is 34.4. The van der Waals surface area contributed by atoms with Crippen LogP contribution in [0.3, 0.4) is 0 Å². The summed E-state index contributed by atoms with van der Waals surface area (Å²) in [5, 5.41) is 13.8. The Morgan fingerprint density at radius 1 is 1.48 bits per heavy atom. The molecular formula is C15H17N7O3. The second kappa shape index (κ2) is 6.69. The van der Waals surface area contributed by atoms with Crippen LogP contribution < -0.4 is 16.7 Å². The van der Waals surface area contributed by atoms with Crippen molar-refractivity contribution in [1.29, 1.82) is 0 Å². The first-order valence-corrected chi connectivity index (χ1v) is 7.54. The Balaban J connectivity index is 2.06. The van der Waals surface area contributed by atoms with Gasteiger partial charge in [-0.05, 0) is 13.0 Å². The van der Waals surface area contributed by atoms with Crippen LogP contribution in [0, 0.1) is 0 Å². The standard InChI is InChI=1S/C15H17N7O3/c1-9(23)8-22-11-12(21(2)15(25)19-13(11)24)18-14(22)20-17-7-10-4-3-5-16-6-10/h3-7,9,23H,8H2,1-2H3,(H,18,20)(H,19,24,25)/b17-7-/t9-/m0/s1. The average molecular weight is 343 g/mol. The fourth-order valence-corrected chi connectivity index (χ4v) is 2.38. The molecule has 10 heteroatoms. The lowest BCUT2D eigenvalue weighted by atomic mass is 10.3. The maximum absolute atomic E-state index is 12.2. The second-order valence-electron chi connectivity index (χ2n) is 5.54. The van der Waals surface area contributed by atoms with E-state index in [2.05, 4.69) is 25.5 Å². The van der Waals surface area contributed by atoms with Crippen LogP contribution in [-0.4, -0.2) is 41.5 Å². The van der Waals surface area contributed by atoms with Crippen LogP contribution in [-0.2, 0) is 13.6 Å². The molecule has 3 rings (SSSR count). The minimum atomic E-state index is -0.725. The number of imidazole rings is 1. The number of aliphatic hydroxyl groups is 1. The Labute approximate surface area is 141 Å². The van der Waals surface area contributed by atoms with E-state index in [0.29, 0.717) is 0 Å². The van der Waals surface area contributed by atoms with Crippen molar-refractivity contribution in [2.75, 3.05) is 5.43 Å². The summed E-state index contributed by atoms with van der Waals surface area (Å²) in [7, 11) is 1.50. The summed E-state index contributed by atoms with van der Waals surface area (Å²) >= 11 is 0. The number of anilines is 1. The van der Waals surface area contributed by atoms with Gasteiger partial charge in [-0.15, -0.1) is 0 Å². The van der Waals surface area contributed by atoms with Crippen LogP contribution in [0.1, 0.15) is 12.5 Å². The maximum Gasteiger partial charge on any atom is 0.329 e. The molecule has 3 aromatic rings. The predicted molar refractivity (Wildman–Crippen MR) is 92.7 cm³/mol. The minimum Gasteiger partial charge on any atom is -0.392 e. The number of nitrogens with one attached hydrogen (secondary N) is 2. The van der Waals surface area contributed by atoms with Gasteiger partial charge < -0.3 is 9.67 Å². The first-order chi connectivity index (χ1) is 12.0. The van der Waals surface area contributed by atoms with Gasteiger partial charge >= 0.3 is 5.69 Å². The highest BCUT2D eigenvalue weighted by molar-refractivity contribution is 5.80. The van der Waals surface area contributed by atoms with E-state index in [4.69, 9.17) is 0 Å². The van der Waals surface area contributed by atoms with Crippen molar-refractivity contribution in [3.8, 4) is 0 Å². The molecule has 0 aliphatic carbocycles. The Hall–Kier alpha value is -3.27. The van der Waals surface area contributed by atoms with Crippen molar-refractivity contribution >= 4 is 23.3 Å². The molecule has 0 bridgehead atoms. The highest BCUT2D eigenvalue weighted by Gasteiger charge is 2.18. The van der Waals surface area contributed by atoms with Crippen LogP contribution in [0.2, 0.25) is 0 Å². The summed E-state index contributed by atoms with van der Waals surface area (Å²) in [5.74, 6) is 0.239. The van der Waals surface area contributed by atoms with Gasteiger partial charge in [0, 0.05) is 25.0 Å². The van der Waals surface area contributed by atoms with Crippen LogP contribution in [0.15, 0.2) is 39.2 Å². The highest BCUT2D eigenvalue weighted by Crippen LogP contribution is 2.16. The Kier molecular flexibility index (Phi) is 4.44. The van der Waals surface area contributed by atoms with Crippen LogP contribution >= 0.6 is 0 Å². The first kappa shape index (κ1) is 16.6. The summed E-state index contributed by atoms with van der Waals surface area (Å²) in [5.41, 5.74) is 2.77. The molecule has 0 amide bonds. The van der Waals surface area contributed by atoms with Gasteiger partial charge in [0.1, 0.15) is 0 Å². The largest absolute Gasteiger partial charge is 0.392 e. The van der Waals surface area contributed by atoms with Crippen molar-refractivity contribution in [2.24, 2.45) is 12.1 Å². The topological polar surface area (TPSA) is 130 Å². The predicted octanol–water partition coefficient (Wildman–Crippen LogP) is -0.355. The number of hydrogen-bond donors (Lipinski definition) is 3. The molecule has 0 aliphatic rings. The molecule has 1 atom stereocenters. The number of fused-ring (bicyclic) bond motifs is 1. The molecule has 3 heterocycles. The average Bonchev–Trinajstić information content (AvgIpc) is 2.92. The third-order valence-corrected chi connectivity index (χ3v) is 3.52. The van der Waals surface area contributed by atoms with Gasteiger partial charge in [0.05, 0.1) is 18.9 Å². The molecule has 0 aliphatic heterocycles. The lowest BCUT2D eigenvalue weighted by Gasteiger charge is -2.09. The molecule has 0 radical (unpaired) electrons. The van der Waals surface area contributed by atoms with Gasteiger partial charge in [-0.1, -0.05) is 6.07 Å². The highest BCUT2D eigenvalue weighted by atomic mass is 16.3. The SMILES string of the molecule is C[C@H](O)Cn1c(N/N=C\c2cccnc2)nc2c1c(=O)[nH]c(=O)n2C. The number of H-pyrrole nitrogens is 1. The molecule has 0 saturated heterocycles. The zero-order valence-corrected chi connectivity index (χ0v) is 13.7. The molecular weight excluding hydrogens is 326 g/mol. The Bertz CT molecular complexity index is 1030.